The van der Waals surface area contributed by atoms with E-state index in [1.807, 2.05) is 43.3 Å². The van der Waals surface area contributed by atoms with E-state index in [1.165, 1.54) is 0 Å². The second-order valence-electron chi connectivity index (χ2n) is 8.51. The summed E-state index contributed by atoms with van der Waals surface area (Å²) in [4.78, 5) is 3.96. The molecule has 33 heavy (non-hydrogen) atoms. The Balaban J connectivity index is 1.68. The van der Waals surface area contributed by atoms with Crippen molar-refractivity contribution in [3.05, 3.63) is 76.3 Å². The summed E-state index contributed by atoms with van der Waals surface area (Å²) in [5.74, 6) is 1.05. The van der Waals surface area contributed by atoms with E-state index in [0.717, 1.165) is 11.1 Å². The van der Waals surface area contributed by atoms with Crippen molar-refractivity contribution in [2.45, 2.75) is 51.4 Å². The first-order valence-corrected chi connectivity index (χ1v) is 11.6. The van der Waals surface area contributed by atoms with E-state index >= 15 is 0 Å². The second kappa shape index (κ2) is 11.3. The summed E-state index contributed by atoms with van der Waals surface area (Å²) >= 11 is 12.9. The van der Waals surface area contributed by atoms with Crippen LogP contribution in [0.3, 0.4) is 0 Å². The maximum absolute atomic E-state index is 10.2. The Bertz CT molecular complexity index is 1040. The molecule has 3 aromatic rings. The zero-order chi connectivity index (χ0) is 24.0. The molecule has 0 aliphatic heterocycles. The van der Waals surface area contributed by atoms with Crippen LogP contribution in [-0.2, 0) is 12.0 Å². The molecule has 2 atom stereocenters. The van der Waals surface area contributed by atoms with Gasteiger partial charge < -0.3 is 24.3 Å². The largest absolute Gasteiger partial charge is 0.489 e. The van der Waals surface area contributed by atoms with E-state index in [9.17, 15) is 10.2 Å². The lowest BCUT2D eigenvalue weighted by Gasteiger charge is -2.27. The molecule has 2 aromatic carbocycles. The number of hydrogen-bond donors (Lipinski definition) is 2. The fraction of sp³-hybridized carbons (Fsp3) is 0.400. The number of aliphatic hydroxyl groups excluding tert-OH is 2. The van der Waals surface area contributed by atoms with Gasteiger partial charge in [-0.3, -0.25) is 0 Å². The second-order valence-corrected chi connectivity index (χ2v) is 9.33. The smallest absolute Gasteiger partial charge is 0.138 e. The number of nitrogens with zero attached hydrogens (tertiary/aromatic N) is 2. The van der Waals surface area contributed by atoms with Crippen LogP contribution in [0, 0.1) is 0 Å². The summed E-state index contributed by atoms with van der Waals surface area (Å²) in [6.45, 7) is 6.77. The molecule has 178 valence electrons. The molecule has 6 nitrogen and oxygen atoms in total. The highest BCUT2D eigenvalue weighted by Crippen LogP contribution is 2.38. The molecule has 0 amide bonds. The molecule has 8 heteroatoms. The van der Waals surface area contributed by atoms with E-state index in [1.54, 1.807) is 23.3 Å². The minimum atomic E-state index is -0.687. The number of rotatable bonds is 11. The molecule has 0 aliphatic carbocycles. The fourth-order valence-corrected chi connectivity index (χ4v) is 3.83. The summed E-state index contributed by atoms with van der Waals surface area (Å²) in [5.41, 5.74) is 1.61. The summed E-state index contributed by atoms with van der Waals surface area (Å²) in [5, 5.41) is 20.8. The van der Waals surface area contributed by atoms with Crippen molar-refractivity contribution in [1.82, 2.24) is 9.55 Å². The third-order valence-corrected chi connectivity index (χ3v) is 6.21. The maximum atomic E-state index is 10.2. The Labute approximate surface area is 204 Å². The predicted octanol–water partition coefficient (Wildman–Crippen LogP) is 5.11. The van der Waals surface area contributed by atoms with Crippen LogP contribution in [0.15, 0.2) is 55.1 Å². The van der Waals surface area contributed by atoms with Crippen LogP contribution in [0.2, 0.25) is 10.0 Å². The molecule has 3 rings (SSSR count). The standard InChI is InChI=1S/C25H30Cl2N2O4/c1-4-19(30)14-32-23-7-5-17(11-21(23)26)25(2,3)18-6-8-24(22(27)12-18)33-15-20(31)13-29-10-9-28-16-29/h5-12,16,19-20,30-31H,4,13-15H2,1-3H3. The van der Waals surface area contributed by atoms with Crippen molar-refractivity contribution in [2.24, 2.45) is 0 Å². The van der Waals surface area contributed by atoms with Gasteiger partial charge in [0, 0.05) is 17.8 Å². The Hall–Kier alpha value is -2.25. The van der Waals surface area contributed by atoms with Gasteiger partial charge in [0.2, 0.25) is 0 Å². The molecular weight excluding hydrogens is 463 g/mol. The van der Waals surface area contributed by atoms with Crippen LogP contribution in [0.1, 0.15) is 38.3 Å². The van der Waals surface area contributed by atoms with Gasteiger partial charge in [-0.15, -0.1) is 0 Å². The third kappa shape index (κ3) is 6.64. The van der Waals surface area contributed by atoms with Gasteiger partial charge in [0.15, 0.2) is 0 Å². The predicted molar refractivity (Wildman–Crippen MR) is 131 cm³/mol. The molecule has 0 radical (unpaired) electrons. The number of ether oxygens (including phenoxy) is 2. The first kappa shape index (κ1) is 25.4. The van der Waals surface area contributed by atoms with Crippen LogP contribution in [0.4, 0.5) is 0 Å². The number of aromatic nitrogens is 2. The summed E-state index contributed by atoms with van der Waals surface area (Å²) in [6.07, 6.45) is 4.50. The van der Waals surface area contributed by atoms with Crippen molar-refractivity contribution in [3.8, 4) is 11.5 Å². The minimum Gasteiger partial charge on any atom is -0.489 e. The van der Waals surface area contributed by atoms with Gasteiger partial charge in [-0.1, -0.05) is 56.1 Å². The lowest BCUT2D eigenvalue weighted by Crippen LogP contribution is -2.23. The topological polar surface area (TPSA) is 76.7 Å². The van der Waals surface area contributed by atoms with Crippen molar-refractivity contribution in [2.75, 3.05) is 13.2 Å². The molecule has 0 spiro atoms. The van der Waals surface area contributed by atoms with Gasteiger partial charge in [-0.2, -0.15) is 0 Å². The SMILES string of the molecule is CCC(O)COc1ccc(C(C)(C)c2ccc(OCC(O)Cn3ccnc3)c(Cl)c2)cc1Cl. The van der Waals surface area contributed by atoms with Crippen LogP contribution in [0.25, 0.3) is 0 Å². The van der Waals surface area contributed by atoms with E-state index in [4.69, 9.17) is 32.7 Å². The third-order valence-electron chi connectivity index (χ3n) is 5.62. The quantitative estimate of drug-likeness (QED) is 0.389. The van der Waals surface area contributed by atoms with Gasteiger partial charge >= 0.3 is 0 Å². The fourth-order valence-electron chi connectivity index (χ4n) is 3.36. The molecule has 2 unspecified atom stereocenters. The van der Waals surface area contributed by atoms with Gasteiger partial charge in [0.1, 0.15) is 30.8 Å². The van der Waals surface area contributed by atoms with Gasteiger partial charge in [0.05, 0.1) is 29.0 Å². The minimum absolute atomic E-state index is 0.116. The number of imidazole rings is 1. The molecule has 1 aromatic heterocycles. The molecule has 0 fully saturated rings. The highest BCUT2D eigenvalue weighted by atomic mass is 35.5. The molecule has 1 heterocycles. The first-order chi connectivity index (χ1) is 15.7. The first-order valence-electron chi connectivity index (χ1n) is 10.9. The normalized spacial score (nSPS) is 13.5. The summed E-state index contributed by atoms with van der Waals surface area (Å²) < 4.78 is 13.2. The Morgan fingerprint density at radius 1 is 0.939 bits per heavy atom. The van der Waals surface area contributed by atoms with E-state index in [2.05, 4.69) is 18.8 Å². The van der Waals surface area contributed by atoms with Crippen molar-refractivity contribution < 1.29 is 19.7 Å². The molecule has 0 bridgehead atoms. The monoisotopic (exact) mass is 492 g/mol. The average Bonchev–Trinajstić information content (AvgIpc) is 3.30. The summed E-state index contributed by atoms with van der Waals surface area (Å²) in [6, 6.07) is 11.3. The Morgan fingerprint density at radius 3 is 1.94 bits per heavy atom. The Kier molecular flexibility index (Phi) is 8.65. The lowest BCUT2D eigenvalue weighted by molar-refractivity contribution is 0.0925. The van der Waals surface area contributed by atoms with Crippen LogP contribution in [0.5, 0.6) is 11.5 Å². The number of aliphatic hydroxyl groups is 2. The van der Waals surface area contributed by atoms with Gasteiger partial charge in [-0.25, -0.2) is 4.98 Å². The highest BCUT2D eigenvalue weighted by molar-refractivity contribution is 6.32. The lowest BCUT2D eigenvalue weighted by atomic mass is 9.78. The zero-order valence-corrected chi connectivity index (χ0v) is 20.6. The van der Waals surface area contributed by atoms with Crippen LogP contribution < -0.4 is 9.47 Å². The van der Waals surface area contributed by atoms with E-state index < -0.39 is 12.2 Å². The maximum Gasteiger partial charge on any atom is 0.138 e. The average molecular weight is 493 g/mol. The number of halogens is 2. The van der Waals surface area contributed by atoms with Crippen molar-refractivity contribution in [3.63, 3.8) is 0 Å². The van der Waals surface area contributed by atoms with Gasteiger partial charge in [-0.05, 0) is 41.8 Å². The van der Waals surface area contributed by atoms with Crippen LogP contribution >= 0.6 is 23.2 Å². The van der Waals surface area contributed by atoms with Crippen molar-refractivity contribution >= 4 is 23.2 Å². The van der Waals surface area contributed by atoms with Crippen LogP contribution in [-0.4, -0.2) is 45.2 Å². The number of hydrogen-bond acceptors (Lipinski definition) is 5. The van der Waals surface area contributed by atoms with E-state index in [-0.39, 0.29) is 18.6 Å². The number of benzene rings is 2. The zero-order valence-electron chi connectivity index (χ0n) is 19.0. The summed E-state index contributed by atoms with van der Waals surface area (Å²) in [7, 11) is 0. The highest BCUT2D eigenvalue weighted by Gasteiger charge is 2.25. The molecule has 0 saturated heterocycles. The van der Waals surface area contributed by atoms with Gasteiger partial charge in [0.25, 0.3) is 0 Å². The van der Waals surface area contributed by atoms with Crippen molar-refractivity contribution in [1.29, 1.82) is 0 Å². The van der Waals surface area contributed by atoms with E-state index in [0.29, 0.717) is 34.5 Å². The molecule has 2 N–H and O–H groups in total. The Morgan fingerprint density at radius 2 is 1.48 bits per heavy atom. The molecule has 0 saturated carbocycles. The molecular formula is C25H30Cl2N2O4. The molecule has 0 aliphatic rings.